The van der Waals surface area contributed by atoms with Gasteiger partial charge in [0.1, 0.15) is 0 Å². The first-order chi connectivity index (χ1) is 7.74. The van der Waals surface area contributed by atoms with E-state index in [9.17, 15) is 0 Å². The highest BCUT2D eigenvalue weighted by Crippen LogP contribution is 2.18. The highest BCUT2D eigenvalue weighted by atomic mass is 35.5. The van der Waals surface area contributed by atoms with Crippen molar-refractivity contribution in [3.05, 3.63) is 11.1 Å². The summed E-state index contributed by atoms with van der Waals surface area (Å²) in [6.45, 7) is 2.83. The smallest absolute Gasteiger partial charge is 0.180 e. The summed E-state index contributed by atoms with van der Waals surface area (Å²) < 4.78 is 5.71. The lowest BCUT2D eigenvalue weighted by molar-refractivity contribution is -0.00246. The van der Waals surface area contributed by atoms with Crippen LogP contribution in [0.5, 0.6) is 0 Å². The zero-order valence-corrected chi connectivity index (χ0v) is 11.7. The lowest BCUT2D eigenvalue weighted by Gasteiger charge is -2.27. The first kappa shape index (κ1) is 14.7. The molecular formula is C11H20ClN3OS. The Morgan fingerprint density at radius 3 is 3.00 bits per heavy atom. The van der Waals surface area contributed by atoms with Gasteiger partial charge in [-0.05, 0) is 26.3 Å². The molecule has 1 aromatic rings. The average Bonchev–Trinajstić information content (AvgIpc) is 2.65. The van der Waals surface area contributed by atoms with Crippen LogP contribution in [-0.2, 0) is 11.3 Å². The van der Waals surface area contributed by atoms with Gasteiger partial charge in [-0.2, -0.15) is 0 Å². The van der Waals surface area contributed by atoms with Crippen molar-refractivity contribution in [1.29, 1.82) is 0 Å². The molecule has 2 rings (SSSR count). The number of nitrogens with zero attached hydrogens (tertiary/aromatic N) is 2. The quantitative estimate of drug-likeness (QED) is 0.916. The maximum absolute atomic E-state index is 5.71. The van der Waals surface area contributed by atoms with E-state index in [1.54, 1.807) is 11.3 Å². The Labute approximate surface area is 113 Å². The molecule has 0 amide bonds. The van der Waals surface area contributed by atoms with E-state index in [0.717, 1.165) is 19.7 Å². The summed E-state index contributed by atoms with van der Waals surface area (Å²) in [5.41, 5.74) is 5.60. The van der Waals surface area contributed by atoms with Crippen molar-refractivity contribution >= 4 is 28.9 Å². The molecule has 1 aliphatic rings. The molecule has 0 aromatic carbocycles. The number of thiazole rings is 1. The SMILES string of the molecule is CN(Cc1cnc(N)s1)CC1CCCCO1.Cl. The first-order valence-electron chi connectivity index (χ1n) is 5.74. The van der Waals surface area contributed by atoms with Crippen molar-refractivity contribution in [2.75, 3.05) is 25.9 Å². The lowest BCUT2D eigenvalue weighted by Crippen LogP contribution is -2.32. The number of hydrogen-bond donors (Lipinski definition) is 1. The summed E-state index contributed by atoms with van der Waals surface area (Å²) in [7, 11) is 2.12. The van der Waals surface area contributed by atoms with Crippen LogP contribution in [-0.4, -0.2) is 36.2 Å². The van der Waals surface area contributed by atoms with E-state index >= 15 is 0 Å². The molecule has 1 fully saturated rings. The first-order valence-corrected chi connectivity index (χ1v) is 6.56. The van der Waals surface area contributed by atoms with Crippen LogP contribution in [0, 0.1) is 0 Å². The van der Waals surface area contributed by atoms with Gasteiger partial charge in [-0.25, -0.2) is 4.98 Å². The van der Waals surface area contributed by atoms with Crippen LogP contribution < -0.4 is 5.73 Å². The van der Waals surface area contributed by atoms with Crippen molar-refractivity contribution < 1.29 is 4.74 Å². The van der Waals surface area contributed by atoms with Gasteiger partial charge >= 0.3 is 0 Å². The van der Waals surface area contributed by atoms with Crippen LogP contribution >= 0.6 is 23.7 Å². The summed E-state index contributed by atoms with van der Waals surface area (Å²) in [5, 5.41) is 0.650. The summed E-state index contributed by atoms with van der Waals surface area (Å²) in [6.07, 6.45) is 5.97. The number of halogens is 1. The predicted molar refractivity (Wildman–Crippen MR) is 73.7 cm³/mol. The molecule has 98 valence electrons. The standard InChI is InChI=1S/C11H19N3OS.ClH/c1-14(7-9-4-2-3-5-15-9)8-10-6-13-11(12)16-10;/h6,9H,2-5,7-8H2,1H3,(H2,12,13);1H. The molecule has 1 unspecified atom stereocenters. The molecule has 1 atom stereocenters. The number of rotatable bonds is 4. The molecule has 0 radical (unpaired) electrons. The average molecular weight is 278 g/mol. The minimum absolute atomic E-state index is 0. The van der Waals surface area contributed by atoms with Crippen molar-refractivity contribution in [2.45, 2.75) is 31.9 Å². The second-order valence-electron chi connectivity index (χ2n) is 4.35. The zero-order chi connectivity index (χ0) is 11.4. The molecule has 1 saturated heterocycles. The Hall–Kier alpha value is -0.360. The van der Waals surface area contributed by atoms with E-state index in [4.69, 9.17) is 10.5 Å². The van der Waals surface area contributed by atoms with Crippen LogP contribution in [0.1, 0.15) is 24.1 Å². The minimum atomic E-state index is 0. The largest absolute Gasteiger partial charge is 0.377 e. The van der Waals surface area contributed by atoms with Crippen LogP contribution in [0.2, 0.25) is 0 Å². The van der Waals surface area contributed by atoms with Crippen molar-refractivity contribution in [1.82, 2.24) is 9.88 Å². The molecule has 4 nitrogen and oxygen atoms in total. The van der Waals surface area contributed by atoms with Gasteiger partial charge in [0, 0.05) is 30.8 Å². The van der Waals surface area contributed by atoms with Gasteiger partial charge in [0.05, 0.1) is 6.10 Å². The second-order valence-corrected chi connectivity index (χ2v) is 5.50. The fourth-order valence-electron chi connectivity index (χ4n) is 2.03. The van der Waals surface area contributed by atoms with E-state index < -0.39 is 0 Å². The predicted octanol–water partition coefficient (Wildman–Crippen LogP) is 2.15. The van der Waals surface area contributed by atoms with Crippen LogP contribution in [0.4, 0.5) is 5.13 Å². The molecule has 0 bridgehead atoms. The van der Waals surface area contributed by atoms with E-state index in [1.807, 2.05) is 6.20 Å². The lowest BCUT2D eigenvalue weighted by atomic mass is 10.1. The van der Waals surface area contributed by atoms with Gasteiger partial charge in [-0.1, -0.05) is 0 Å². The number of likely N-dealkylation sites (N-methyl/N-ethyl adjacent to an activating group) is 1. The number of hydrogen-bond acceptors (Lipinski definition) is 5. The molecule has 0 spiro atoms. The number of ether oxygens (including phenoxy) is 1. The van der Waals surface area contributed by atoms with Crippen molar-refractivity contribution in [2.24, 2.45) is 0 Å². The van der Waals surface area contributed by atoms with Gasteiger partial charge in [-0.3, -0.25) is 4.90 Å². The molecule has 1 aliphatic heterocycles. The molecule has 17 heavy (non-hydrogen) atoms. The summed E-state index contributed by atoms with van der Waals surface area (Å²) in [4.78, 5) is 7.55. The van der Waals surface area contributed by atoms with Gasteiger partial charge in [-0.15, -0.1) is 23.7 Å². The zero-order valence-electron chi connectivity index (χ0n) is 10.1. The van der Waals surface area contributed by atoms with Crippen LogP contribution in [0.15, 0.2) is 6.20 Å². The molecule has 6 heteroatoms. The molecule has 1 aromatic heterocycles. The highest BCUT2D eigenvalue weighted by Gasteiger charge is 2.16. The molecule has 0 saturated carbocycles. The molecule has 0 aliphatic carbocycles. The fraction of sp³-hybridized carbons (Fsp3) is 0.727. The fourth-order valence-corrected chi connectivity index (χ4v) is 2.79. The summed E-state index contributed by atoms with van der Waals surface area (Å²) in [5.74, 6) is 0. The van der Waals surface area contributed by atoms with Gasteiger partial charge in [0.15, 0.2) is 5.13 Å². The maximum Gasteiger partial charge on any atom is 0.180 e. The van der Waals surface area contributed by atoms with Gasteiger partial charge in [0.25, 0.3) is 0 Å². The third-order valence-corrected chi connectivity index (χ3v) is 3.60. The third-order valence-electron chi connectivity index (χ3n) is 2.79. The van der Waals surface area contributed by atoms with E-state index in [-0.39, 0.29) is 12.4 Å². The molecule has 2 heterocycles. The number of nitrogen functional groups attached to an aromatic ring is 1. The van der Waals surface area contributed by atoms with E-state index in [2.05, 4.69) is 16.9 Å². The Bertz CT molecular complexity index is 328. The van der Waals surface area contributed by atoms with Crippen LogP contribution in [0.3, 0.4) is 0 Å². The topological polar surface area (TPSA) is 51.4 Å². The van der Waals surface area contributed by atoms with Gasteiger partial charge < -0.3 is 10.5 Å². The third kappa shape index (κ3) is 4.79. The van der Waals surface area contributed by atoms with Crippen molar-refractivity contribution in [3.8, 4) is 0 Å². The number of aromatic nitrogens is 1. The van der Waals surface area contributed by atoms with E-state index in [1.165, 1.54) is 24.1 Å². The minimum Gasteiger partial charge on any atom is -0.377 e. The molecular weight excluding hydrogens is 258 g/mol. The second kappa shape index (κ2) is 7.16. The maximum atomic E-state index is 5.71. The van der Waals surface area contributed by atoms with Crippen LogP contribution in [0.25, 0.3) is 0 Å². The van der Waals surface area contributed by atoms with Gasteiger partial charge in [0.2, 0.25) is 0 Å². The Morgan fingerprint density at radius 1 is 1.59 bits per heavy atom. The monoisotopic (exact) mass is 277 g/mol. The molecule has 2 N–H and O–H groups in total. The highest BCUT2D eigenvalue weighted by molar-refractivity contribution is 7.15. The number of anilines is 1. The van der Waals surface area contributed by atoms with Crippen molar-refractivity contribution in [3.63, 3.8) is 0 Å². The summed E-state index contributed by atoms with van der Waals surface area (Å²) in [6, 6.07) is 0. The Kier molecular flexibility index (Phi) is 6.19. The number of nitrogens with two attached hydrogens (primary N) is 1. The summed E-state index contributed by atoms with van der Waals surface area (Å²) >= 11 is 1.56. The Morgan fingerprint density at radius 2 is 2.41 bits per heavy atom. The Balaban J connectivity index is 0.00000144. The van der Waals surface area contributed by atoms with E-state index in [0.29, 0.717) is 11.2 Å². The normalized spacial score (nSPS) is 20.2.